The lowest BCUT2D eigenvalue weighted by molar-refractivity contribution is -0.166. The van der Waals surface area contributed by atoms with E-state index in [1.54, 1.807) is 7.11 Å². The third-order valence-corrected chi connectivity index (χ3v) is 10.5. The predicted molar refractivity (Wildman–Crippen MR) is 221 cm³/mol. The van der Waals surface area contributed by atoms with Crippen LogP contribution < -0.4 is 0 Å². The number of nitrogens with zero attached hydrogens (tertiary/aromatic N) is 2. The molecule has 5 rings (SSSR count). The average Bonchev–Trinajstić information content (AvgIpc) is 3.68. The normalized spacial score (nSPS) is 18.7. The topological polar surface area (TPSA) is 136 Å². The first-order valence-corrected chi connectivity index (χ1v) is 19.9. The first-order valence-electron chi connectivity index (χ1n) is 19.9. The lowest BCUT2D eigenvalue weighted by Gasteiger charge is -2.39. The van der Waals surface area contributed by atoms with Crippen LogP contribution in [0.1, 0.15) is 72.4 Å². The number of hydrogen-bond donors (Lipinski definition) is 0. The highest BCUT2D eigenvalue weighted by atomic mass is 16.6. The number of carbonyl (C=O) groups excluding carboxylic acids is 3. The molecule has 5 atom stereocenters. The van der Waals surface area contributed by atoms with Crippen molar-refractivity contribution in [3.8, 4) is 34.0 Å². The second-order valence-electron chi connectivity index (χ2n) is 17.0. The fourth-order valence-corrected chi connectivity index (χ4v) is 7.41. The second-order valence-corrected chi connectivity index (χ2v) is 17.0. The molecule has 0 saturated heterocycles. The summed E-state index contributed by atoms with van der Waals surface area (Å²) in [6, 6.07) is 24.6. The van der Waals surface area contributed by atoms with Crippen LogP contribution in [0.5, 0.6) is 0 Å². The van der Waals surface area contributed by atoms with Gasteiger partial charge in [-0.05, 0) is 76.1 Å². The largest absolute Gasteiger partial charge is 0.469 e. The first-order chi connectivity index (χ1) is 27.6. The van der Waals surface area contributed by atoms with Gasteiger partial charge in [0.25, 0.3) is 0 Å². The minimum absolute atomic E-state index is 0.0697. The number of aromatic nitrogens is 2. The van der Waals surface area contributed by atoms with E-state index in [1.165, 1.54) is 19.6 Å². The Morgan fingerprint density at radius 1 is 0.776 bits per heavy atom. The van der Waals surface area contributed by atoms with Gasteiger partial charge in [-0.1, -0.05) is 102 Å². The van der Waals surface area contributed by atoms with E-state index >= 15 is 0 Å². The number of allylic oxidation sites excluding steroid dienone is 1. The highest BCUT2D eigenvalue weighted by Gasteiger charge is 2.44. The molecule has 1 heterocycles. The molecular formula is C47H58N2O9. The SMILES string of the molecule is COCC(COCCc1ccc(-c2ccc(-c3nnc(-c4ccc(C(C)(C)C)cc4)o3)cc2)cc1)OC(=O)CC(C)(C)CC1C=CC(C)C(C(=O)OC)C1OC(C)=O. The number of carbonyl (C=O) groups is 3. The number of ether oxygens (including phenoxy) is 5. The quantitative estimate of drug-likeness (QED) is 0.0439. The maximum Gasteiger partial charge on any atom is 0.313 e. The Hall–Kier alpha value is -5.13. The van der Waals surface area contributed by atoms with Crippen molar-refractivity contribution in [3.63, 3.8) is 0 Å². The second kappa shape index (κ2) is 19.5. The van der Waals surface area contributed by atoms with Gasteiger partial charge in [0, 0.05) is 31.1 Å². The Kier molecular flexibility index (Phi) is 14.8. The summed E-state index contributed by atoms with van der Waals surface area (Å²) in [5, 5.41) is 8.56. The zero-order valence-electron chi connectivity index (χ0n) is 35.3. The minimum Gasteiger partial charge on any atom is -0.469 e. The summed E-state index contributed by atoms with van der Waals surface area (Å²) < 4.78 is 33.8. The number of esters is 3. The van der Waals surface area contributed by atoms with Crippen LogP contribution in [0.4, 0.5) is 0 Å². The van der Waals surface area contributed by atoms with E-state index in [0.717, 1.165) is 27.8 Å². The van der Waals surface area contributed by atoms with Crippen LogP contribution in [0.25, 0.3) is 34.0 Å². The maximum atomic E-state index is 13.2. The van der Waals surface area contributed by atoms with Gasteiger partial charge >= 0.3 is 17.9 Å². The van der Waals surface area contributed by atoms with Gasteiger partial charge in [-0.15, -0.1) is 10.2 Å². The summed E-state index contributed by atoms with van der Waals surface area (Å²) in [4.78, 5) is 37.8. The predicted octanol–water partition coefficient (Wildman–Crippen LogP) is 8.83. The van der Waals surface area contributed by atoms with Crippen molar-refractivity contribution in [3.05, 3.63) is 96.1 Å². The van der Waals surface area contributed by atoms with E-state index in [1.807, 2.05) is 69.3 Å². The van der Waals surface area contributed by atoms with Gasteiger partial charge in [-0.3, -0.25) is 14.4 Å². The van der Waals surface area contributed by atoms with Crippen LogP contribution in [-0.4, -0.2) is 74.4 Å². The van der Waals surface area contributed by atoms with Crippen molar-refractivity contribution in [1.29, 1.82) is 0 Å². The molecular weight excluding hydrogens is 737 g/mol. The Bertz CT molecular complexity index is 1990. The summed E-state index contributed by atoms with van der Waals surface area (Å²) in [7, 11) is 2.88. The third-order valence-electron chi connectivity index (χ3n) is 10.5. The maximum absolute atomic E-state index is 13.2. The fraction of sp³-hybridized carbons (Fsp3) is 0.468. The molecule has 1 aliphatic rings. The summed E-state index contributed by atoms with van der Waals surface area (Å²) in [6.07, 6.45) is 3.93. The molecule has 4 aromatic rings. The summed E-state index contributed by atoms with van der Waals surface area (Å²) in [5.74, 6) is -1.40. The molecule has 58 heavy (non-hydrogen) atoms. The smallest absolute Gasteiger partial charge is 0.313 e. The molecule has 0 N–H and O–H groups in total. The van der Waals surface area contributed by atoms with E-state index in [9.17, 15) is 14.4 Å². The van der Waals surface area contributed by atoms with Gasteiger partial charge in [0.05, 0.1) is 33.4 Å². The standard InChI is InChI=1S/C47H58N2O9/c1-30-10-13-37(42(56-31(2)50)41(30)45(52)54-9)26-47(6,7)27-40(51)57-39(28-53-8)29-55-25-24-32-11-14-33(15-12-32)34-16-18-35(19-17-34)43-48-49-44(58-43)36-20-22-38(23-21-36)46(3,4)5/h10-23,30,37,39,41-42H,24-29H2,1-9H3. The van der Waals surface area contributed by atoms with Gasteiger partial charge in [0.15, 0.2) is 0 Å². The number of methoxy groups -OCH3 is 2. The highest BCUT2D eigenvalue weighted by molar-refractivity contribution is 5.75. The molecule has 3 aromatic carbocycles. The van der Waals surface area contributed by atoms with Crippen LogP contribution >= 0.6 is 0 Å². The Labute approximate surface area is 342 Å². The first kappa shape index (κ1) is 44.0. The molecule has 0 aliphatic heterocycles. The van der Waals surface area contributed by atoms with E-state index in [2.05, 4.69) is 67.4 Å². The van der Waals surface area contributed by atoms with Gasteiger partial charge in [0.1, 0.15) is 18.1 Å². The molecule has 0 bridgehead atoms. The van der Waals surface area contributed by atoms with Crippen LogP contribution in [-0.2, 0) is 49.9 Å². The molecule has 0 spiro atoms. The lowest BCUT2D eigenvalue weighted by atomic mass is 9.70. The van der Waals surface area contributed by atoms with Crippen molar-refractivity contribution < 1.29 is 42.5 Å². The van der Waals surface area contributed by atoms with Gasteiger partial charge in [0.2, 0.25) is 11.8 Å². The minimum atomic E-state index is -0.695. The fourth-order valence-electron chi connectivity index (χ4n) is 7.41. The average molecular weight is 795 g/mol. The van der Waals surface area contributed by atoms with Crippen molar-refractivity contribution in [2.75, 3.05) is 34.0 Å². The molecule has 11 nitrogen and oxygen atoms in total. The van der Waals surface area contributed by atoms with E-state index in [-0.39, 0.29) is 42.9 Å². The molecule has 310 valence electrons. The summed E-state index contributed by atoms with van der Waals surface area (Å²) in [6.45, 7) is 14.5. The summed E-state index contributed by atoms with van der Waals surface area (Å²) in [5.41, 5.74) is 5.78. The molecule has 5 unspecified atom stereocenters. The van der Waals surface area contributed by atoms with Crippen LogP contribution in [0.2, 0.25) is 0 Å². The van der Waals surface area contributed by atoms with Crippen LogP contribution in [0.15, 0.2) is 89.4 Å². The monoisotopic (exact) mass is 794 g/mol. The van der Waals surface area contributed by atoms with Crippen molar-refractivity contribution in [2.45, 2.75) is 85.4 Å². The van der Waals surface area contributed by atoms with Crippen molar-refractivity contribution in [2.24, 2.45) is 23.2 Å². The van der Waals surface area contributed by atoms with E-state index in [4.69, 9.17) is 28.1 Å². The molecule has 0 radical (unpaired) electrons. The molecule has 0 fully saturated rings. The molecule has 11 heteroatoms. The number of hydrogen-bond acceptors (Lipinski definition) is 11. The molecule has 1 aliphatic carbocycles. The van der Waals surface area contributed by atoms with Gasteiger partial charge in [-0.2, -0.15) is 0 Å². The summed E-state index contributed by atoms with van der Waals surface area (Å²) >= 11 is 0. The Morgan fingerprint density at radius 2 is 1.34 bits per heavy atom. The zero-order valence-corrected chi connectivity index (χ0v) is 35.3. The highest BCUT2D eigenvalue weighted by Crippen LogP contribution is 2.40. The third kappa shape index (κ3) is 12.0. The molecule has 0 saturated carbocycles. The van der Waals surface area contributed by atoms with Crippen molar-refractivity contribution in [1.82, 2.24) is 10.2 Å². The van der Waals surface area contributed by atoms with Gasteiger partial charge in [-0.25, -0.2) is 0 Å². The molecule has 0 amide bonds. The molecule has 1 aromatic heterocycles. The van der Waals surface area contributed by atoms with Gasteiger partial charge < -0.3 is 28.1 Å². The zero-order chi connectivity index (χ0) is 42.0. The lowest BCUT2D eigenvalue weighted by Crippen LogP contribution is -2.44. The van der Waals surface area contributed by atoms with Crippen molar-refractivity contribution >= 4 is 17.9 Å². The van der Waals surface area contributed by atoms with Crippen LogP contribution in [0, 0.1) is 23.2 Å². The van der Waals surface area contributed by atoms with E-state index < -0.39 is 35.5 Å². The number of benzene rings is 3. The van der Waals surface area contributed by atoms with Crippen LogP contribution in [0.3, 0.4) is 0 Å². The number of rotatable bonds is 17. The Morgan fingerprint density at radius 3 is 1.90 bits per heavy atom. The van der Waals surface area contributed by atoms with E-state index in [0.29, 0.717) is 31.2 Å². The Balaban J connectivity index is 1.08.